The van der Waals surface area contributed by atoms with Crippen molar-refractivity contribution in [1.29, 1.82) is 5.26 Å². The molecule has 18 heavy (non-hydrogen) atoms. The van der Waals surface area contributed by atoms with E-state index in [1.807, 2.05) is 13.1 Å². The van der Waals surface area contributed by atoms with Gasteiger partial charge in [0.2, 0.25) is 0 Å². The first kappa shape index (κ1) is 13.1. The normalized spacial score (nSPS) is 21.8. The summed E-state index contributed by atoms with van der Waals surface area (Å²) in [5, 5.41) is 8.71. The van der Waals surface area contributed by atoms with Gasteiger partial charge in [0.1, 0.15) is 0 Å². The zero-order valence-electron chi connectivity index (χ0n) is 10.3. The van der Waals surface area contributed by atoms with Crippen LogP contribution in [0.5, 0.6) is 0 Å². The zero-order valence-corrected chi connectivity index (χ0v) is 11.9. The molecule has 0 bridgehead atoms. The van der Waals surface area contributed by atoms with Crippen LogP contribution in [0.2, 0.25) is 0 Å². The third kappa shape index (κ3) is 2.91. The minimum Gasteiger partial charge on any atom is -0.341 e. The summed E-state index contributed by atoms with van der Waals surface area (Å²) < 4.78 is 0. The van der Waals surface area contributed by atoms with Gasteiger partial charge < -0.3 is 4.90 Å². The molecule has 1 aromatic rings. The van der Waals surface area contributed by atoms with Gasteiger partial charge in [0, 0.05) is 24.0 Å². The standard InChI is InChI=1S/C14H15BrN2O/c1-17(9-11-6-13(15)7-11)14(18)12-4-2-10(8-16)3-5-12/h2-5,11,13H,6-7,9H2,1H3. The van der Waals surface area contributed by atoms with E-state index in [4.69, 9.17) is 5.26 Å². The van der Waals surface area contributed by atoms with E-state index in [-0.39, 0.29) is 5.91 Å². The Morgan fingerprint density at radius 2 is 2.06 bits per heavy atom. The first-order chi connectivity index (χ1) is 8.60. The van der Waals surface area contributed by atoms with Crippen LogP contribution in [0.1, 0.15) is 28.8 Å². The van der Waals surface area contributed by atoms with Crippen LogP contribution in [-0.4, -0.2) is 29.2 Å². The molecular weight excluding hydrogens is 292 g/mol. The van der Waals surface area contributed by atoms with Crippen molar-refractivity contribution in [3.63, 3.8) is 0 Å². The van der Waals surface area contributed by atoms with Crippen LogP contribution in [0, 0.1) is 17.2 Å². The van der Waals surface area contributed by atoms with E-state index in [0.29, 0.717) is 21.9 Å². The van der Waals surface area contributed by atoms with Gasteiger partial charge in [-0.2, -0.15) is 5.26 Å². The predicted molar refractivity (Wildman–Crippen MR) is 73.6 cm³/mol. The fourth-order valence-corrected chi connectivity index (χ4v) is 3.24. The number of benzene rings is 1. The van der Waals surface area contributed by atoms with Crippen molar-refractivity contribution in [3.05, 3.63) is 35.4 Å². The van der Waals surface area contributed by atoms with E-state index in [1.165, 1.54) is 0 Å². The average molecular weight is 307 g/mol. The van der Waals surface area contributed by atoms with E-state index in [0.717, 1.165) is 19.4 Å². The highest BCUT2D eigenvalue weighted by Crippen LogP contribution is 2.33. The molecule has 1 aliphatic rings. The monoisotopic (exact) mass is 306 g/mol. The highest BCUT2D eigenvalue weighted by molar-refractivity contribution is 9.09. The van der Waals surface area contributed by atoms with Crippen LogP contribution < -0.4 is 0 Å². The number of carbonyl (C=O) groups excluding carboxylic acids is 1. The number of halogens is 1. The van der Waals surface area contributed by atoms with Gasteiger partial charge in [0.15, 0.2) is 0 Å². The lowest BCUT2D eigenvalue weighted by atomic mass is 9.85. The van der Waals surface area contributed by atoms with Crippen molar-refractivity contribution in [2.45, 2.75) is 17.7 Å². The molecule has 0 atom stereocenters. The van der Waals surface area contributed by atoms with Gasteiger partial charge in [-0.3, -0.25) is 4.79 Å². The van der Waals surface area contributed by atoms with Crippen LogP contribution in [-0.2, 0) is 0 Å². The Balaban J connectivity index is 1.95. The van der Waals surface area contributed by atoms with Gasteiger partial charge in [0.25, 0.3) is 5.91 Å². The molecule has 1 saturated carbocycles. The van der Waals surface area contributed by atoms with Crippen molar-refractivity contribution >= 4 is 21.8 Å². The van der Waals surface area contributed by atoms with Gasteiger partial charge in [-0.25, -0.2) is 0 Å². The molecule has 1 aromatic carbocycles. The molecule has 2 rings (SSSR count). The van der Waals surface area contributed by atoms with E-state index >= 15 is 0 Å². The molecule has 0 aliphatic heterocycles. The number of nitriles is 1. The van der Waals surface area contributed by atoms with Crippen molar-refractivity contribution in [2.24, 2.45) is 5.92 Å². The van der Waals surface area contributed by atoms with Gasteiger partial charge >= 0.3 is 0 Å². The third-order valence-electron chi connectivity index (χ3n) is 3.32. The number of rotatable bonds is 3. The Hall–Kier alpha value is -1.34. The number of hydrogen-bond acceptors (Lipinski definition) is 2. The quantitative estimate of drug-likeness (QED) is 0.806. The Kier molecular flexibility index (Phi) is 4.03. The second kappa shape index (κ2) is 5.53. The molecular formula is C14H15BrN2O. The van der Waals surface area contributed by atoms with E-state index < -0.39 is 0 Å². The van der Waals surface area contributed by atoms with Crippen molar-refractivity contribution in [1.82, 2.24) is 4.90 Å². The predicted octanol–water partition coefficient (Wildman–Crippen LogP) is 2.80. The molecule has 4 heteroatoms. The molecule has 0 heterocycles. The minimum atomic E-state index is 0.0255. The van der Waals surface area contributed by atoms with E-state index in [1.54, 1.807) is 29.2 Å². The van der Waals surface area contributed by atoms with Crippen molar-refractivity contribution < 1.29 is 4.79 Å². The molecule has 1 aliphatic carbocycles. The van der Waals surface area contributed by atoms with E-state index in [9.17, 15) is 4.79 Å². The smallest absolute Gasteiger partial charge is 0.253 e. The summed E-state index contributed by atoms with van der Waals surface area (Å²) in [5.74, 6) is 0.638. The Bertz CT molecular complexity index is 472. The van der Waals surface area contributed by atoms with Gasteiger partial charge in [-0.1, -0.05) is 15.9 Å². The van der Waals surface area contributed by atoms with Crippen LogP contribution in [0.4, 0.5) is 0 Å². The number of hydrogen-bond donors (Lipinski definition) is 0. The Labute approximate surface area is 116 Å². The second-order valence-corrected chi connectivity index (χ2v) is 6.10. The molecule has 0 radical (unpaired) electrons. The number of carbonyl (C=O) groups is 1. The maximum Gasteiger partial charge on any atom is 0.253 e. The molecule has 1 fully saturated rings. The zero-order chi connectivity index (χ0) is 13.1. The van der Waals surface area contributed by atoms with Crippen LogP contribution >= 0.6 is 15.9 Å². The van der Waals surface area contributed by atoms with Gasteiger partial charge in [-0.15, -0.1) is 0 Å². The molecule has 0 N–H and O–H groups in total. The van der Waals surface area contributed by atoms with Crippen LogP contribution in [0.3, 0.4) is 0 Å². The van der Waals surface area contributed by atoms with Gasteiger partial charge in [0.05, 0.1) is 11.6 Å². The first-order valence-electron chi connectivity index (χ1n) is 6.00. The number of alkyl halides is 1. The molecule has 0 spiro atoms. The summed E-state index contributed by atoms with van der Waals surface area (Å²) >= 11 is 3.55. The average Bonchev–Trinajstić information content (AvgIpc) is 2.36. The maximum absolute atomic E-state index is 12.1. The molecule has 1 amide bonds. The number of nitrogens with zero attached hydrogens (tertiary/aromatic N) is 2. The minimum absolute atomic E-state index is 0.0255. The van der Waals surface area contributed by atoms with Gasteiger partial charge in [-0.05, 0) is 43.0 Å². The largest absolute Gasteiger partial charge is 0.341 e. The molecule has 0 unspecified atom stereocenters. The summed E-state index contributed by atoms with van der Waals surface area (Å²) in [5.41, 5.74) is 1.22. The van der Waals surface area contributed by atoms with Crippen LogP contribution in [0.15, 0.2) is 24.3 Å². The van der Waals surface area contributed by atoms with Crippen molar-refractivity contribution in [2.75, 3.05) is 13.6 Å². The highest BCUT2D eigenvalue weighted by atomic mass is 79.9. The fraction of sp³-hybridized carbons (Fsp3) is 0.429. The molecule has 3 nitrogen and oxygen atoms in total. The Morgan fingerprint density at radius 1 is 1.44 bits per heavy atom. The number of amides is 1. The van der Waals surface area contributed by atoms with E-state index in [2.05, 4.69) is 15.9 Å². The lowest BCUT2D eigenvalue weighted by Crippen LogP contribution is -2.37. The first-order valence-corrected chi connectivity index (χ1v) is 6.91. The Morgan fingerprint density at radius 3 is 2.56 bits per heavy atom. The second-order valence-electron chi connectivity index (χ2n) is 4.81. The summed E-state index contributed by atoms with van der Waals surface area (Å²) in [7, 11) is 1.84. The van der Waals surface area contributed by atoms with Crippen LogP contribution in [0.25, 0.3) is 0 Å². The summed E-state index contributed by atoms with van der Waals surface area (Å²) in [6, 6.07) is 8.83. The molecule has 0 saturated heterocycles. The molecule has 0 aromatic heterocycles. The third-order valence-corrected chi connectivity index (χ3v) is 4.07. The summed E-state index contributed by atoms with van der Waals surface area (Å²) in [4.78, 5) is 14.5. The highest BCUT2D eigenvalue weighted by Gasteiger charge is 2.28. The summed E-state index contributed by atoms with van der Waals surface area (Å²) in [6.45, 7) is 0.806. The topological polar surface area (TPSA) is 44.1 Å². The lowest BCUT2D eigenvalue weighted by Gasteiger charge is -2.34. The lowest BCUT2D eigenvalue weighted by molar-refractivity contribution is 0.0749. The maximum atomic E-state index is 12.1. The summed E-state index contributed by atoms with van der Waals surface area (Å²) in [6.07, 6.45) is 2.29. The SMILES string of the molecule is CN(CC1CC(Br)C1)C(=O)c1ccc(C#N)cc1. The molecule has 94 valence electrons. The fourth-order valence-electron chi connectivity index (χ4n) is 2.18. The van der Waals surface area contributed by atoms with Crippen molar-refractivity contribution in [3.8, 4) is 6.07 Å².